The normalized spacial score (nSPS) is 13.3. The lowest BCUT2D eigenvalue weighted by molar-refractivity contribution is -0.00000277. The van der Waals surface area contributed by atoms with Crippen LogP contribution in [-0.4, -0.2) is 15.3 Å². The molecule has 1 aliphatic rings. The Morgan fingerprint density at radius 2 is 2.00 bits per heavy atom. The van der Waals surface area contributed by atoms with Crippen molar-refractivity contribution in [2.75, 3.05) is 5.75 Å². The smallest absolute Gasteiger partial charge is 0.168 e. The fourth-order valence-electron chi connectivity index (χ4n) is 1.66. The van der Waals surface area contributed by atoms with Gasteiger partial charge in [0.2, 0.25) is 0 Å². The summed E-state index contributed by atoms with van der Waals surface area (Å²) in [5, 5.41) is 1.16. The lowest BCUT2D eigenvalue weighted by Crippen LogP contribution is -3.00. The molecule has 0 spiro atoms. The number of hydrogen-bond acceptors (Lipinski definition) is 2. The van der Waals surface area contributed by atoms with Crippen LogP contribution in [0.4, 0.5) is 0 Å². The van der Waals surface area contributed by atoms with E-state index < -0.39 is 0 Å². The van der Waals surface area contributed by atoms with E-state index in [1.807, 2.05) is 30.0 Å². The van der Waals surface area contributed by atoms with Gasteiger partial charge in [-0.1, -0.05) is 42.1 Å². The van der Waals surface area contributed by atoms with Gasteiger partial charge in [0.05, 0.1) is 5.69 Å². The number of thioether (sulfide) groups is 1. The zero-order valence-corrected chi connectivity index (χ0v) is 10.5. The van der Waals surface area contributed by atoms with Gasteiger partial charge >= 0.3 is 0 Å². The molecule has 2 heterocycles. The third-order valence-electron chi connectivity index (χ3n) is 2.37. The summed E-state index contributed by atoms with van der Waals surface area (Å²) in [5.41, 5.74) is 2.29. The molecule has 0 unspecified atom stereocenters. The van der Waals surface area contributed by atoms with Gasteiger partial charge < -0.3 is 21.5 Å². The van der Waals surface area contributed by atoms with Crippen LogP contribution in [0.5, 0.6) is 0 Å². The molecular weight excluding hydrogens is 272 g/mol. The Morgan fingerprint density at radius 1 is 1.20 bits per heavy atom. The van der Waals surface area contributed by atoms with E-state index in [-0.39, 0.29) is 17.0 Å². The molecule has 0 saturated carbocycles. The van der Waals surface area contributed by atoms with Crippen molar-refractivity contribution in [3.8, 4) is 11.3 Å². The highest BCUT2D eigenvalue weighted by atomic mass is 79.9. The maximum Gasteiger partial charge on any atom is 0.168 e. The molecule has 78 valence electrons. The molecule has 0 amide bonds. The maximum atomic E-state index is 4.59. The molecule has 0 fully saturated rings. The van der Waals surface area contributed by atoms with E-state index in [2.05, 4.69) is 27.9 Å². The molecule has 4 heteroatoms. The zero-order valence-electron chi connectivity index (χ0n) is 8.06. The molecule has 15 heavy (non-hydrogen) atoms. The monoisotopic (exact) mass is 281 g/mol. The third-order valence-corrected chi connectivity index (χ3v) is 3.34. The number of halogens is 1. The van der Waals surface area contributed by atoms with Gasteiger partial charge in [-0.05, 0) is 0 Å². The van der Waals surface area contributed by atoms with Crippen molar-refractivity contribution in [3.63, 3.8) is 0 Å². The fraction of sp³-hybridized carbons (Fsp3) is 0.182. The summed E-state index contributed by atoms with van der Waals surface area (Å²) in [7, 11) is 0. The van der Waals surface area contributed by atoms with Crippen molar-refractivity contribution in [1.29, 1.82) is 0 Å². The van der Waals surface area contributed by atoms with E-state index in [1.54, 1.807) is 0 Å². The zero-order chi connectivity index (χ0) is 9.38. The first-order chi connectivity index (χ1) is 6.93. The Balaban J connectivity index is 0.000000853. The third kappa shape index (κ3) is 1.96. The summed E-state index contributed by atoms with van der Waals surface area (Å²) in [4.78, 5) is 4.59. The van der Waals surface area contributed by atoms with Crippen LogP contribution < -0.4 is 17.0 Å². The lowest BCUT2D eigenvalue weighted by Gasteiger charge is -1.94. The molecule has 1 aliphatic heterocycles. The van der Waals surface area contributed by atoms with Crippen LogP contribution in [0.15, 0.2) is 41.7 Å². The average Bonchev–Trinajstić information content (AvgIpc) is 2.78. The second kappa shape index (κ2) is 4.41. The highest BCUT2D eigenvalue weighted by Crippen LogP contribution is 2.28. The molecule has 2 aromatic rings. The minimum Gasteiger partial charge on any atom is -1.00 e. The van der Waals surface area contributed by atoms with E-state index in [0.717, 1.165) is 23.1 Å². The van der Waals surface area contributed by atoms with Crippen LogP contribution in [0.1, 0.15) is 0 Å². The minimum atomic E-state index is 0. The molecule has 0 saturated heterocycles. The first-order valence-electron chi connectivity index (χ1n) is 4.69. The van der Waals surface area contributed by atoms with E-state index in [1.165, 1.54) is 5.56 Å². The van der Waals surface area contributed by atoms with Gasteiger partial charge in [-0.3, -0.25) is 0 Å². The first-order valence-corrected chi connectivity index (χ1v) is 5.67. The standard InChI is InChI=1S/C11H10N2S.BrH/c1-2-4-9(5-3-1)10-8-13-6-7-14-11(13)12-10;/h1-5,8H,6-7H2;1H/p-1. The molecular formula is C11H10BrN2S-. The summed E-state index contributed by atoms with van der Waals surface area (Å²) in [6.45, 7) is 1.10. The number of aryl methyl sites for hydroxylation is 1. The predicted molar refractivity (Wildman–Crippen MR) is 58.4 cm³/mol. The molecule has 0 aliphatic carbocycles. The van der Waals surface area contributed by atoms with Gasteiger partial charge in [0.25, 0.3) is 0 Å². The number of hydrogen-bond donors (Lipinski definition) is 0. The Morgan fingerprint density at radius 3 is 2.73 bits per heavy atom. The quantitative estimate of drug-likeness (QED) is 0.712. The number of nitrogens with zero attached hydrogens (tertiary/aromatic N) is 2. The van der Waals surface area contributed by atoms with E-state index in [0.29, 0.717) is 0 Å². The van der Waals surface area contributed by atoms with Gasteiger partial charge in [-0.25, -0.2) is 4.98 Å². The van der Waals surface area contributed by atoms with Crippen LogP contribution in [0.3, 0.4) is 0 Å². The van der Waals surface area contributed by atoms with Gasteiger partial charge in [0.15, 0.2) is 5.16 Å². The Kier molecular flexibility index (Phi) is 3.17. The Labute approximate surface area is 103 Å². The molecule has 1 aromatic heterocycles. The number of fused-ring (bicyclic) bond motifs is 1. The Hall–Kier alpha value is -0.740. The Bertz CT molecular complexity index is 431. The fourth-order valence-corrected chi connectivity index (χ4v) is 2.60. The topological polar surface area (TPSA) is 17.8 Å². The number of benzene rings is 1. The summed E-state index contributed by atoms with van der Waals surface area (Å²) < 4.78 is 2.23. The van der Waals surface area contributed by atoms with E-state index in [9.17, 15) is 0 Å². The highest BCUT2D eigenvalue weighted by molar-refractivity contribution is 7.99. The summed E-state index contributed by atoms with van der Waals surface area (Å²) in [6, 6.07) is 10.3. The highest BCUT2D eigenvalue weighted by Gasteiger charge is 2.14. The van der Waals surface area contributed by atoms with Crippen molar-refractivity contribution in [2.24, 2.45) is 0 Å². The minimum absolute atomic E-state index is 0. The second-order valence-corrected chi connectivity index (χ2v) is 4.38. The van der Waals surface area contributed by atoms with Crippen LogP contribution in [-0.2, 0) is 6.54 Å². The number of rotatable bonds is 1. The molecule has 0 N–H and O–H groups in total. The molecule has 1 aromatic carbocycles. The van der Waals surface area contributed by atoms with Crippen molar-refractivity contribution < 1.29 is 17.0 Å². The van der Waals surface area contributed by atoms with Crippen molar-refractivity contribution >= 4 is 11.8 Å². The van der Waals surface area contributed by atoms with Crippen LogP contribution >= 0.6 is 11.8 Å². The van der Waals surface area contributed by atoms with Crippen LogP contribution in [0.25, 0.3) is 11.3 Å². The van der Waals surface area contributed by atoms with E-state index >= 15 is 0 Å². The van der Waals surface area contributed by atoms with Crippen molar-refractivity contribution in [1.82, 2.24) is 9.55 Å². The molecule has 0 bridgehead atoms. The average molecular weight is 282 g/mol. The van der Waals surface area contributed by atoms with Crippen LogP contribution in [0, 0.1) is 0 Å². The van der Waals surface area contributed by atoms with Gasteiger partial charge in [-0.15, -0.1) is 0 Å². The largest absolute Gasteiger partial charge is 1.00 e. The summed E-state index contributed by atoms with van der Waals surface area (Å²) >= 11 is 1.84. The molecule has 0 radical (unpaired) electrons. The van der Waals surface area contributed by atoms with Crippen LogP contribution in [0.2, 0.25) is 0 Å². The predicted octanol–water partition coefficient (Wildman–Crippen LogP) is -0.340. The maximum absolute atomic E-state index is 4.59. The molecule has 2 nitrogen and oxygen atoms in total. The first kappa shape index (κ1) is 10.8. The SMILES string of the molecule is [Br-].c1ccc(-c2cn3c(n2)SCC3)cc1. The van der Waals surface area contributed by atoms with Crippen molar-refractivity contribution in [2.45, 2.75) is 11.7 Å². The number of imidazole rings is 1. The van der Waals surface area contributed by atoms with Gasteiger partial charge in [0, 0.05) is 24.1 Å². The second-order valence-electron chi connectivity index (χ2n) is 3.32. The molecule has 0 atom stereocenters. The number of aromatic nitrogens is 2. The lowest BCUT2D eigenvalue weighted by atomic mass is 10.2. The van der Waals surface area contributed by atoms with Gasteiger partial charge in [0.1, 0.15) is 0 Å². The molecule has 3 rings (SSSR count). The van der Waals surface area contributed by atoms with Gasteiger partial charge in [-0.2, -0.15) is 0 Å². The van der Waals surface area contributed by atoms with Crippen molar-refractivity contribution in [3.05, 3.63) is 36.5 Å². The summed E-state index contributed by atoms with van der Waals surface area (Å²) in [6.07, 6.45) is 2.14. The summed E-state index contributed by atoms with van der Waals surface area (Å²) in [5.74, 6) is 1.16. The van der Waals surface area contributed by atoms with E-state index in [4.69, 9.17) is 0 Å².